The fraction of sp³-hybridized carbons (Fsp3) is 0.308. The lowest BCUT2D eigenvalue weighted by atomic mass is 9.93. The van der Waals surface area contributed by atoms with Gasteiger partial charge >= 0.3 is 0 Å². The van der Waals surface area contributed by atoms with Crippen molar-refractivity contribution >= 4 is 15.9 Å². The molecule has 0 spiro atoms. The van der Waals surface area contributed by atoms with E-state index in [1.54, 1.807) is 6.26 Å². The maximum atomic E-state index is 6.33. The summed E-state index contributed by atoms with van der Waals surface area (Å²) in [6.07, 6.45) is 5.63. The minimum atomic E-state index is -0.0562. The Morgan fingerprint density at radius 1 is 1.47 bits per heavy atom. The summed E-state index contributed by atoms with van der Waals surface area (Å²) in [6, 6.07) is 6.00. The minimum Gasteiger partial charge on any atom is -0.457 e. The molecule has 3 nitrogen and oxygen atoms in total. The van der Waals surface area contributed by atoms with Crippen LogP contribution in [0.15, 0.2) is 39.7 Å². The number of rotatable bonds is 2. The zero-order valence-electron chi connectivity index (χ0n) is 9.27. The van der Waals surface area contributed by atoms with E-state index >= 15 is 0 Å². The average molecular weight is 293 g/mol. The zero-order valence-corrected chi connectivity index (χ0v) is 10.9. The van der Waals surface area contributed by atoms with Crippen molar-refractivity contribution < 1.29 is 4.42 Å². The first-order valence-electron chi connectivity index (χ1n) is 5.69. The first-order valence-corrected chi connectivity index (χ1v) is 6.49. The average Bonchev–Trinajstić information content (AvgIpc) is 2.94. The molecule has 2 atom stereocenters. The Bertz CT molecular complexity index is 538. The number of hydrogen-bond donors (Lipinski definition) is 1. The molecule has 0 radical (unpaired) electrons. The molecule has 0 aromatic carbocycles. The summed E-state index contributed by atoms with van der Waals surface area (Å²) in [7, 11) is 0. The van der Waals surface area contributed by atoms with E-state index in [0.717, 1.165) is 28.8 Å². The molecule has 0 fully saturated rings. The van der Waals surface area contributed by atoms with Crippen molar-refractivity contribution in [2.75, 3.05) is 0 Å². The molecule has 1 aliphatic rings. The van der Waals surface area contributed by atoms with Crippen LogP contribution in [0.4, 0.5) is 0 Å². The number of halogens is 1. The quantitative estimate of drug-likeness (QED) is 0.925. The van der Waals surface area contributed by atoms with Gasteiger partial charge in [0.05, 0.1) is 6.26 Å². The van der Waals surface area contributed by atoms with E-state index in [4.69, 9.17) is 10.2 Å². The number of hydrogen-bond acceptors (Lipinski definition) is 3. The van der Waals surface area contributed by atoms with Crippen LogP contribution in [0.25, 0.3) is 0 Å². The Morgan fingerprint density at radius 3 is 3.12 bits per heavy atom. The molecule has 0 amide bonds. The Kier molecular flexibility index (Phi) is 2.76. The van der Waals surface area contributed by atoms with E-state index in [1.165, 1.54) is 5.56 Å². The molecule has 1 aliphatic carbocycles. The van der Waals surface area contributed by atoms with Crippen LogP contribution in [0.1, 0.15) is 35.2 Å². The van der Waals surface area contributed by atoms with Gasteiger partial charge in [0.2, 0.25) is 0 Å². The van der Waals surface area contributed by atoms with E-state index in [1.807, 2.05) is 18.3 Å². The van der Waals surface area contributed by atoms with Crippen molar-refractivity contribution in [3.63, 3.8) is 0 Å². The van der Waals surface area contributed by atoms with Crippen LogP contribution in [0.5, 0.6) is 0 Å². The molecule has 88 valence electrons. The number of aromatic nitrogens is 1. The highest BCUT2D eigenvalue weighted by molar-refractivity contribution is 9.10. The van der Waals surface area contributed by atoms with Gasteiger partial charge in [-0.3, -0.25) is 4.98 Å². The maximum Gasteiger partial charge on any atom is 0.173 e. The van der Waals surface area contributed by atoms with Crippen LogP contribution in [0, 0.1) is 0 Å². The fourth-order valence-electron chi connectivity index (χ4n) is 2.55. The van der Waals surface area contributed by atoms with Crippen molar-refractivity contribution in [3.05, 3.63) is 52.1 Å². The molecule has 17 heavy (non-hydrogen) atoms. The third-order valence-electron chi connectivity index (χ3n) is 3.44. The third kappa shape index (κ3) is 1.81. The zero-order chi connectivity index (χ0) is 11.8. The summed E-state index contributed by atoms with van der Waals surface area (Å²) in [5.74, 6) is 0.292. The molecule has 2 unspecified atom stereocenters. The lowest BCUT2D eigenvalue weighted by Gasteiger charge is -2.18. The molecule has 3 rings (SSSR count). The number of nitrogens with two attached hydrogens (primary N) is 1. The molecule has 2 aromatic rings. The SMILES string of the molecule is NC(c1ccoc1Br)C1CCc2cccnc21. The van der Waals surface area contributed by atoms with Gasteiger partial charge in [0, 0.05) is 29.4 Å². The van der Waals surface area contributed by atoms with Gasteiger partial charge in [0.1, 0.15) is 0 Å². The van der Waals surface area contributed by atoms with Crippen molar-refractivity contribution in [1.29, 1.82) is 0 Å². The lowest BCUT2D eigenvalue weighted by Crippen LogP contribution is -2.18. The predicted molar refractivity (Wildman–Crippen MR) is 68.6 cm³/mol. The monoisotopic (exact) mass is 292 g/mol. The number of pyridine rings is 1. The Labute approximate surface area is 108 Å². The van der Waals surface area contributed by atoms with Gasteiger partial charge in [0.25, 0.3) is 0 Å². The van der Waals surface area contributed by atoms with Crippen molar-refractivity contribution in [1.82, 2.24) is 4.98 Å². The molecule has 2 N–H and O–H groups in total. The molecule has 0 saturated carbocycles. The van der Waals surface area contributed by atoms with E-state index in [-0.39, 0.29) is 6.04 Å². The molecular weight excluding hydrogens is 280 g/mol. The summed E-state index contributed by atoms with van der Waals surface area (Å²) < 4.78 is 5.98. The van der Waals surface area contributed by atoms with Gasteiger partial charge in [-0.15, -0.1) is 0 Å². The highest BCUT2D eigenvalue weighted by atomic mass is 79.9. The number of aryl methyl sites for hydroxylation is 1. The highest BCUT2D eigenvalue weighted by Gasteiger charge is 2.31. The van der Waals surface area contributed by atoms with Gasteiger partial charge in [-0.2, -0.15) is 0 Å². The Balaban J connectivity index is 1.95. The summed E-state index contributed by atoms with van der Waals surface area (Å²) >= 11 is 3.39. The third-order valence-corrected chi connectivity index (χ3v) is 4.09. The van der Waals surface area contributed by atoms with Crippen LogP contribution in [-0.2, 0) is 6.42 Å². The standard InChI is InChI=1S/C13H13BrN2O/c14-13-10(5-7-17-13)11(15)9-4-3-8-2-1-6-16-12(8)9/h1-2,5-7,9,11H,3-4,15H2. The Morgan fingerprint density at radius 2 is 2.35 bits per heavy atom. The van der Waals surface area contributed by atoms with Gasteiger partial charge in [0.15, 0.2) is 4.67 Å². The maximum absolute atomic E-state index is 6.33. The molecule has 0 bridgehead atoms. The van der Waals surface area contributed by atoms with E-state index in [9.17, 15) is 0 Å². The predicted octanol–water partition coefficient (Wildman–Crippen LogP) is 3.17. The van der Waals surface area contributed by atoms with Gasteiger partial charge in [-0.05, 0) is 46.5 Å². The Hall–Kier alpha value is -1.13. The van der Waals surface area contributed by atoms with E-state index in [0.29, 0.717) is 5.92 Å². The van der Waals surface area contributed by atoms with Crippen LogP contribution < -0.4 is 5.73 Å². The summed E-state index contributed by atoms with van der Waals surface area (Å²) in [4.78, 5) is 4.48. The topological polar surface area (TPSA) is 52.0 Å². The number of furan rings is 1. The van der Waals surface area contributed by atoms with E-state index in [2.05, 4.69) is 27.0 Å². The van der Waals surface area contributed by atoms with Crippen LogP contribution in [0.3, 0.4) is 0 Å². The van der Waals surface area contributed by atoms with Crippen molar-refractivity contribution in [2.24, 2.45) is 5.73 Å². The second-order valence-corrected chi connectivity index (χ2v) is 5.09. The molecule has 2 aromatic heterocycles. The summed E-state index contributed by atoms with van der Waals surface area (Å²) in [5.41, 5.74) is 9.83. The highest BCUT2D eigenvalue weighted by Crippen LogP contribution is 2.40. The molecule has 2 heterocycles. The lowest BCUT2D eigenvalue weighted by molar-refractivity contribution is 0.505. The van der Waals surface area contributed by atoms with Crippen LogP contribution >= 0.6 is 15.9 Å². The second kappa shape index (κ2) is 4.27. The van der Waals surface area contributed by atoms with Crippen molar-refractivity contribution in [3.8, 4) is 0 Å². The van der Waals surface area contributed by atoms with Crippen LogP contribution in [-0.4, -0.2) is 4.98 Å². The number of fused-ring (bicyclic) bond motifs is 1. The fourth-order valence-corrected chi connectivity index (χ4v) is 3.06. The minimum absolute atomic E-state index is 0.0562. The largest absolute Gasteiger partial charge is 0.457 e. The van der Waals surface area contributed by atoms with Crippen molar-refractivity contribution in [2.45, 2.75) is 24.8 Å². The van der Waals surface area contributed by atoms with E-state index < -0.39 is 0 Å². The summed E-state index contributed by atoms with van der Waals surface area (Å²) in [6.45, 7) is 0. The smallest absolute Gasteiger partial charge is 0.173 e. The van der Waals surface area contributed by atoms with Crippen LogP contribution in [0.2, 0.25) is 0 Å². The summed E-state index contributed by atoms with van der Waals surface area (Å²) in [5, 5.41) is 0. The molecule has 4 heteroatoms. The first-order chi connectivity index (χ1) is 8.27. The van der Waals surface area contributed by atoms with Gasteiger partial charge in [-0.1, -0.05) is 6.07 Å². The number of nitrogens with zero attached hydrogens (tertiary/aromatic N) is 1. The molecular formula is C13H13BrN2O. The first kappa shape index (κ1) is 11.0. The van der Waals surface area contributed by atoms with Gasteiger partial charge < -0.3 is 10.2 Å². The molecule has 0 saturated heterocycles. The van der Waals surface area contributed by atoms with Gasteiger partial charge in [-0.25, -0.2) is 0 Å². The normalized spacial score (nSPS) is 20.2. The molecule has 0 aliphatic heterocycles. The second-order valence-electron chi connectivity index (χ2n) is 4.37.